The van der Waals surface area contributed by atoms with Gasteiger partial charge < -0.3 is 10.6 Å². The summed E-state index contributed by atoms with van der Waals surface area (Å²) in [5, 5.41) is 21.3. The summed E-state index contributed by atoms with van der Waals surface area (Å²) in [5.74, 6) is -0.297. The molecule has 2 amide bonds. The third-order valence-electron chi connectivity index (χ3n) is 4.86. The molecule has 9 nitrogen and oxygen atoms in total. The summed E-state index contributed by atoms with van der Waals surface area (Å²) in [6.45, 7) is 1.62. The molecule has 0 aliphatic carbocycles. The highest BCUT2D eigenvalue weighted by molar-refractivity contribution is 6.30. The molecular weight excluding hydrogens is 410 g/mol. The first kappa shape index (κ1) is 19.6. The molecule has 1 atom stereocenters. The highest BCUT2D eigenvalue weighted by Crippen LogP contribution is 2.36. The quantitative estimate of drug-likeness (QED) is 0.474. The Balaban J connectivity index is 1.52. The van der Waals surface area contributed by atoms with E-state index in [1.54, 1.807) is 37.4 Å². The standard InChI is InChI=1S/C20H16ClN5O4/c1-11-2-7-14(8-16(11)26(29)30)23-18(27)9-17-20(28)24-19-15(10-22-25(17)19)12-3-5-13(21)6-4-12/h2-8,10,17H,9H2,1H3,(H,23,27)(H,24,28). The highest BCUT2D eigenvalue weighted by atomic mass is 35.5. The maximum Gasteiger partial charge on any atom is 0.274 e. The minimum absolute atomic E-state index is 0.0895. The Kier molecular flexibility index (Phi) is 4.96. The van der Waals surface area contributed by atoms with Crippen molar-refractivity contribution in [2.75, 3.05) is 10.6 Å². The van der Waals surface area contributed by atoms with Crippen LogP contribution in [0.1, 0.15) is 18.0 Å². The van der Waals surface area contributed by atoms with E-state index < -0.39 is 16.9 Å². The molecule has 0 fully saturated rings. The van der Waals surface area contributed by atoms with Crippen molar-refractivity contribution in [1.82, 2.24) is 9.78 Å². The number of carbonyl (C=O) groups excluding carboxylic acids is 2. The zero-order chi connectivity index (χ0) is 21.4. The molecule has 10 heteroatoms. The average Bonchev–Trinajstić information content (AvgIpc) is 3.23. The van der Waals surface area contributed by atoms with E-state index in [0.29, 0.717) is 22.1 Å². The Morgan fingerprint density at radius 3 is 2.73 bits per heavy atom. The van der Waals surface area contributed by atoms with E-state index in [2.05, 4.69) is 15.7 Å². The number of aromatic nitrogens is 2. The Labute approximate surface area is 175 Å². The largest absolute Gasteiger partial charge is 0.326 e. The molecule has 4 rings (SSSR count). The molecule has 2 N–H and O–H groups in total. The molecular formula is C20H16ClN5O4. The van der Waals surface area contributed by atoms with Crippen LogP contribution in [0.3, 0.4) is 0 Å². The van der Waals surface area contributed by atoms with Gasteiger partial charge in [0.05, 0.1) is 17.5 Å². The molecule has 3 aromatic rings. The summed E-state index contributed by atoms with van der Waals surface area (Å²) < 4.78 is 1.48. The van der Waals surface area contributed by atoms with Crippen LogP contribution in [0.25, 0.3) is 11.1 Å². The molecule has 2 heterocycles. The number of nitro groups is 1. The Bertz CT molecular complexity index is 1170. The number of fused-ring (bicyclic) bond motifs is 1. The maximum atomic E-state index is 12.5. The molecule has 152 valence electrons. The van der Waals surface area contributed by atoms with Crippen LogP contribution < -0.4 is 10.6 Å². The lowest BCUT2D eigenvalue weighted by molar-refractivity contribution is -0.385. The number of nitrogens with zero attached hydrogens (tertiary/aromatic N) is 3. The van der Waals surface area contributed by atoms with Crippen LogP contribution in [0.5, 0.6) is 0 Å². The molecule has 30 heavy (non-hydrogen) atoms. The van der Waals surface area contributed by atoms with Gasteiger partial charge in [-0.15, -0.1) is 0 Å². The van der Waals surface area contributed by atoms with Gasteiger partial charge in [0.15, 0.2) is 0 Å². The molecule has 0 spiro atoms. The van der Waals surface area contributed by atoms with Gasteiger partial charge in [0, 0.05) is 27.9 Å². The maximum absolute atomic E-state index is 12.5. The number of amides is 2. The summed E-state index contributed by atoms with van der Waals surface area (Å²) in [5.41, 5.74) is 2.24. The van der Waals surface area contributed by atoms with Crippen LogP contribution >= 0.6 is 11.6 Å². The summed E-state index contributed by atoms with van der Waals surface area (Å²) in [6.07, 6.45) is 1.45. The van der Waals surface area contributed by atoms with Crippen LogP contribution in [-0.4, -0.2) is 26.5 Å². The second-order valence-corrected chi connectivity index (χ2v) is 7.31. The van der Waals surface area contributed by atoms with Gasteiger partial charge in [-0.2, -0.15) is 5.10 Å². The molecule has 1 aliphatic rings. The van der Waals surface area contributed by atoms with E-state index in [1.807, 2.05) is 12.1 Å². The predicted octanol–water partition coefficient (Wildman–Crippen LogP) is 3.94. The van der Waals surface area contributed by atoms with Crippen LogP contribution in [0.4, 0.5) is 17.2 Å². The van der Waals surface area contributed by atoms with E-state index in [-0.39, 0.29) is 18.0 Å². The normalized spacial score (nSPS) is 14.9. The zero-order valence-electron chi connectivity index (χ0n) is 15.8. The van der Waals surface area contributed by atoms with Gasteiger partial charge in [-0.1, -0.05) is 29.8 Å². The number of halogens is 1. The lowest BCUT2D eigenvalue weighted by Crippen LogP contribution is -2.23. The van der Waals surface area contributed by atoms with Gasteiger partial charge in [-0.3, -0.25) is 19.7 Å². The third-order valence-corrected chi connectivity index (χ3v) is 5.11. The number of benzene rings is 2. The lowest BCUT2D eigenvalue weighted by atomic mass is 10.1. The lowest BCUT2D eigenvalue weighted by Gasteiger charge is -2.10. The summed E-state index contributed by atoms with van der Waals surface area (Å²) in [6, 6.07) is 10.7. The van der Waals surface area contributed by atoms with Crippen LogP contribution in [0.15, 0.2) is 48.7 Å². The van der Waals surface area contributed by atoms with Crippen molar-refractivity contribution < 1.29 is 14.5 Å². The molecule has 2 aromatic carbocycles. The fraction of sp³-hybridized carbons (Fsp3) is 0.150. The van der Waals surface area contributed by atoms with Crippen molar-refractivity contribution in [2.24, 2.45) is 0 Å². The Hall–Kier alpha value is -3.72. The van der Waals surface area contributed by atoms with E-state index in [1.165, 1.54) is 10.7 Å². The van der Waals surface area contributed by atoms with Gasteiger partial charge in [0.2, 0.25) is 5.91 Å². The first-order valence-corrected chi connectivity index (χ1v) is 9.40. The minimum atomic E-state index is -0.818. The number of nitrogens with one attached hydrogen (secondary N) is 2. The van der Waals surface area contributed by atoms with Crippen molar-refractivity contribution in [3.8, 4) is 11.1 Å². The first-order chi connectivity index (χ1) is 14.3. The molecule has 0 bridgehead atoms. The van der Waals surface area contributed by atoms with E-state index in [9.17, 15) is 19.7 Å². The van der Waals surface area contributed by atoms with Gasteiger partial charge >= 0.3 is 0 Å². The summed E-state index contributed by atoms with van der Waals surface area (Å²) in [4.78, 5) is 35.5. The van der Waals surface area contributed by atoms with Gasteiger partial charge in [0.25, 0.3) is 11.6 Å². The number of nitro benzene ring substituents is 1. The second-order valence-electron chi connectivity index (χ2n) is 6.87. The number of hydrogen-bond acceptors (Lipinski definition) is 5. The number of aryl methyl sites for hydroxylation is 1. The Morgan fingerprint density at radius 1 is 1.30 bits per heavy atom. The highest BCUT2D eigenvalue weighted by Gasteiger charge is 2.35. The minimum Gasteiger partial charge on any atom is -0.326 e. The number of carbonyl (C=O) groups is 2. The smallest absolute Gasteiger partial charge is 0.274 e. The van der Waals surface area contributed by atoms with Crippen molar-refractivity contribution in [3.05, 3.63) is 69.4 Å². The molecule has 1 unspecified atom stereocenters. The molecule has 1 aromatic heterocycles. The fourth-order valence-electron chi connectivity index (χ4n) is 3.33. The van der Waals surface area contributed by atoms with E-state index in [4.69, 9.17) is 11.6 Å². The van der Waals surface area contributed by atoms with Crippen molar-refractivity contribution in [1.29, 1.82) is 0 Å². The average molecular weight is 426 g/mol. The Morgan fingerprint density at radius 2 is 2.03 bits per heavy atom. The van der Waals surface area contributed by atoms with Gasteiger partial charge in [-0.25, -0.2) is 4.68 Å². The van der Waals surface area contributed by atoms with E-state index in [0.717, 1.165) is 11.1 Å². The topological polar surface area (TPSA) is 119 Å². The molecule has 0 radical (unpaired) electrons. The van der Waals surface area contributed by atoms with Gasteiger partial charge in [0.1, 0.15) is 11.9 Å². The van der Waals surface area contributed by atoms with Crippen LogP contribution in [-0.2, 0) is 9.59 Å². The van der Waals surface area contributed by atoms with Gasteiger partial charge in [-0.05, 0) is 30.7 Å². The summed E-state index contributed by atoms with van der Waals surface area (Å²) in [7, 11) is 0. The number of anilines is 2. The molecule has 0 saturated heterocycles. The van der Waals surface area contributed by atoms with E-state index >= 15 is 0 Å². The first-order valence-electron chi connectivity index (χ1n) is 9.02. The third kappa shape index (κ3) is 3.62. The summed E-state index contributed by atoms with van der Waals surface area (Å²) >= 11 is 5.92. The number of hydrogen-bond donors (Lipinski definition) is 2. The molecule has 1 aliphatic heterocycles. The number of rotatable bonds is 5. The van der Waals surface area contributed by atoms with Crippen molar-refractivity contribution >= 4 is 40.6 Å². The SMILES string of the molecule is Cc1ccc(NC(=O)CC2C(=O)Nc3c(-c4ccc(Cl)cc4)cnn32)cc1[N+](=O)[O-]. The van der Waals surface area contributed by atoms with Crippen LogP contribution in [0.2, 0.25) is 5.02 Å². The fourth-order valence-corrected chi connectivity index (χ4v) is 3.45. The van der Waals surface area contributed by atoms with Crippen LogP contribution in [0, 0.1) is 17.0 Å². The predicted molar refractivity (Wildman–Crippen MR) is 111 cm³/mol. The monoisotopic (exact) mass is 425 g/mol. The molecule has 0 saturated carbocycles. The second kappa shape index (κ2) is 7.60. The van der Waals surface area contributed by atoms with Crippen molar-refractivity contribution in [3.63, 3.8) is 0 Å². The van der Waals surface area contributed by atoms with Crippen molar-refractivity contribution in [2.45, 2.75) is 19.4 Å². The zero-order valence-corrected chi connectivity index (χ0v) is 16.5.